The molecule has 1 atom stereocenters. The topological polar surface area (TPSA) is 92.9 Å². The Labute approximate surface area is 129 Å². The van der Waals surface area contributed by atoms with Crippen LogP contribution >= 0.6 is 0 Å². The van der Waals surface area contributed by atoms with E-state index in [9.17, 15) is 9.90 Å². The molecule has 2 rings (SSSR count). The van der Waals surface area contributed by atoms with Crippen LogP contribution in [-0.4, -0.2) is 43.9 Å². The number of amides is 1. The van der Waals surface area contributed by atoms with E-state index in [4.69, 9.17) is 0 Å². The van der Waals surface area contributed by atoms with Crippen LogP contribution in [0.15, 0.2) is 30.3 Å². The van der Waals surface area contributed by atoms with Crippen LogP contribution in [0.1, 0.15) is 20.3 Å². The zero-order chi connectivity index (χ0) is 15.9. The van der Waals surface area contributed by atoms with Crippen molar-refractivity contribution in [3.05, 3.63) is 30.3 Å². The molecule has 0 saturated carbocycles. The quantitative estimate of drug-likeness (QED) is 0.791. The lowest BCUT2D eigenvalue weighted by Crippen LogP contribution is -2.35. The van der Waals surface area contributed by atoms with Crippen molar-refractivity contribution in [3.63, 3.8) is 0 Å². The van der Waals surface area contributed by atoms with Crippen LogP contribution in [0.3, 0.4) is 0 Å². The third kappa shape index (κ3) is 4.92. The number of tetrazole rings is 1. The van der Waals surface area contributed by atoms with E-state index in [0.29, 0.717) is 18.2 Å². The van der Waals surface area contributed by atoms with E-state index < -0.39 is 6.10 Å². The Morgan fingerprint density at radius 2 is 2.05 bits per heavy atom. The van der Waals surface area contributed by atoms with Gasteiger partial charge in [-0.2, -0.15) is 4.80 Å². The second-order valence-corrected chi connectivity index (χ2v) is 5.60. The highest BCUT2D eigenvalue weighted by molar-refractivity contribution is 5.75. The largest absolute Gasteiger partial charge is 0.391 e. The Hall–Kier alpha value is -2.28. The number of benzene rings is 1. The molecular formula is C15H21N5O2. The van der Waals surface area contributed by atoms with Crippen molar-refractivity contribution in [1.29, 1.82) is 0 Å². The van der Waals surface area contributed by atoms with Gasteiger partial charge < -0.3 is 10.4 Å². The Bertz CT molecular complexity index is 597. The fourth-order valence-electron chi connectivity index (χ4n) is 2.06. The minimum atomic E-state index is -0.535. The SMILES string of the molecule is CC(C)CC(O)CNC(=O)Cn1nnc(-c2ccccc2)n1. The Balaban J connectivity index is 1.84. The summed E-state index contributed by atoms with van der Waals surface area (Å²) in [7, 11) is 0. The van der Waals surface area contributed by atoms with Crippen LogP contribution in [0.5, 0.6) is 0 Å². The minimum Gasteiger partial charge on any atom is -0.391 e. The summed E-state index contributed by atoms with van der Waals surface area (Å²) in [6.45, 7) is 4.26. The van der Waals surface area contributed by atoms with Gasteiger partial charge in [0.25, 0.3) is 0 Å². The average molecular weight is 303 g/mol. The van der Waals surface area contributed by atoms with Crippen molar-refractivity contribution < 1.29 is 9.90 Å². The molecule has 1 aromatic heterocycles. The van der Waals surface area contributed by atoms with Crippen LogP contribution in [0, 0.1) is 5.92 Å². The normalized spacial score (nSPS) is 12.4. The number of nitrogens with zero attached hydrogens (tertiary/aromatic N) is 4. The standard InChI is InChI=1S/C15H21N5O2/c1-11(2)8-13(21)9-16-14(22)10-20-18-15(17-19-20)12-6-4-3-5-7-12/h3-7,11,13,21H,8-10H2,1-2H3,(H,16,22). The van der Waals surface area contributed by atoms with E-state index in [1.807, 2.05) is 44.2 Å². The highest BCUT2D eigenvalue weighted by atomic mass is 16.3. The summed E-state index contributed by atoms with van der Waals surface area (Å²) >= 11 is 0. The van der Waals surface area contributed by atoms with E-state index in [0.717, 1.165) is 5.56 Å². The summed E-state index contributed by atoms with van der Waals surface area (Å²) in [5.74, 6) is 0.616. The molecule has 7 nitrogen and oxygen atoms in total. The average Bonchev–Trinajstić information content (AvgIpc) is 2.94. The number of hydrogen-bond acceptors (Lipinski definition) is 5. The molecule has 22 heavy (non-hydrogen) atoms. The van der Waals surface area contributed by atoms with Gasteiger partial charge in [-0.05, 0) is 17.6 Å². The summed E-state index contributed by atoms with van der Waals surface area (Å²) in [5.41, 5.74) is 0.849. The van der Waals surface area contributed by atoms with Gasteiger partial charge in [-0.3, -0.25) is 4.79 Å². The molecule has 0 spiro atoms. The second-order valence-electron chi connectivity index (χ2n) is 5.60. The number of nitrogens with one attached hydrogen (secondary N) is 1. The molecule has 0 aliphatic rings. The molecule has 0 radical (unpaired) electrons. The minimum absolute atomic E-state index is 0.0196. The molecule has 1 heterocycles. The van der Waals surface area contributed by atoms with Crippen molar-refractivity contribution in [1.82, 2.24) is 25.5 Å². The van der Waals surface area contributed by atoms with E-state index >= 15 is 0 Å². The fourth-order valence-corrected chi connectivity index (χ4v) is 2.06. The van der Waals surface area contributed by atoms with Gasteiger partial charge in [0.1, 0.15) is 6.54 Å². The number of aromatic nitrogens is 4. The lowest BCUT2D eigenvalue weighted by Gasteiger charge is -2.13. The zero-order valence-electron chi connectivity index (χ0n) is 12.8. The number of rotatable bonds is 7. The lowest BCUT2D eigenvalue weighted by atomic mass is 10.1. The smallest absolute Gasteiger partial charge is 0.243 e. The van der Waals surface area contributed by atoms with Crippen LogP contribution in [0.25, 0.3) is 11.4 Å². The van der Waals surface area contributed by atoms with Gasteiger partial charge in [0, 0.05) is 12.1 Å². The monoisotopic (exact) mass is 303 g/mol. The second kappa shape index (κ2) is 7.65. The molecule has 0 saturated heterocycles. The van der Waals surface area contributed by atoms with Crippen molar-refractivity contribution in [3.8, 4) is 11.4 Å². The third-order valence-corrected chi connectivity index (χ3v) is 3.05. The fraction of sp³-hybridized carbons (Fsp3) is 0.467. The maximum Gasteiger partial charge on any atom is 0.243 e. The van der Waals surface area contributed by atoms with E-state index in [1.54, 1.807) is 0 Å². The molecule has 0 fully saturated rings. The number of aliphatic hydroxyl groups is 1. The predicted octanol–water partition coefficient (Wildman–Crippen LogP) is 0.863. The summed E-state index contributed by atoms with van der Waals surface area (Å²) in [6, 6.07) is 9.44. The third-order valence-electron chi connectivity index (χ3n) is 3.05. The van der Waals surface area contributed by atoms with Crippen LogP contribution in [-0.2, 0) is 11.3 Å². The lowest BCUT2D eigenvalue weighted by molar-refractivity contribution is -0.122. The predicted molar refractivity (Wildman–Crippen MR) is 81.7 cm³/mol. The molecule has 0 bridgehead atoms. The van der Waals surface area contributed by atoms with Crippen LogP contribution in [0.2, 0.25) is 0 Å². The summed E-state index contributed by atoms with van der Waals surface area (Å²) in [5, 5.41) is 24.3. The van der Waals surface area contributed by atoms with Gasteiger partial charge in [0.15, 0.2) is 0 Å². The zero-order valence-corrected chi connectivity index (χ0v) is 12.8. The highest BCUT2D eigenvalue weighted by Crippen LogP contribution is 2.11. The first-order valence-corrected chi connectivity index (χ1v) is 7.32. The molecule has 2 N–H and O–H groups in total. The van der Waals surface area contributed by atoms with Gasteiger partial charge in [-0.1, -0.05) is 44.2 Å². The molecule has 118 valence electrons. The molecule has 2 aromatic rings. The van der Waals surface area contributed by atoms with Gasteiger partial charge >= 0.3 is 0 Å². The molecule has 1 amide bonds. The van der Waals surface area contributed by atoms with Crippen LogP contribution < -0.4 is 5.32 Å². The first kappa shape index (κ1) is 16.1. The summed E-state index contributed by atoms with van der Waals surface area (Å²) in [4.78, 5) is 13.0. The summed E-state index contributed by atoms with van der Waals surface area (Å²) in [6.07, 6.45) is 0.118. The van der Waals surface area contributed by atoms with Gasteiger partial charge in [0.05, 0.1) is 6.10 Å². The first-order chi connectivity index (χ1) is 10.5. The van der Waals surface area contributed by atoms with Gasteiger partial charge in [-0.15, -0.1) is 10.2 Å². The van der Waals surface area contributed by atoms with Crippen molar-refractivity contribution in [2.75, 3.05) is 6.54 Å². The Morgan fingerprint density at radius 3 is 2.73 bits per heavy atom. The maximum absolute atomic E-state index is 11.8. The van der Waals surface area contributed by atoms with E-state index in [2.05, 4.69) is 20.7 Å². The molecule has 0 aliphatic heterocycles. The number of carbonyl (C=O) groups excluding carboxylic acids is 1. The number of aliphatic hydroxyl groups excluding tert-OH is 1. The van der Waals surface area contributed by atoms with E-state index in [1.165, 1.54) is 4.80 Å². The molecule has 1 unspecified atom stereocenters. The van der Waals surface area contributed by atoms with Crippen molar-refractivity contribution in [2.24, 2.45) is 5.92 Å². The Morgan fingerprint density at radius 1 is 1.32 bits per heavy atom. The number of hydrogen-bond donors (Lipinski definition) is 2. The first-order valence-electron chi connectivity index (χ1n) is 7.32. The summed E-state index contributed by atoms with van der Waals surface area (Å²) < 4.78 is 0. The van der Waals surface area contributed by atoms with E-state index in [-0.39, 0.29) is 19.0 Å². The number of carbonyl (C=O) groups is 1. The highest BCUT2D eigenvalue weighted by Gasteiger charge is 2.11. The molecule has 1 aromatic carbocycles. The molecular weight excluding hydrogens is 282 g/mol. The van der Waals surface area contributed by atoms with Gasteiger partial charge in [0.2, 0.25) is 11.7 Å². The van der Waals surface area contributed by atoms with Crippen molar-refractivity contribution >= 4 is 5.91 Å². The molecule has 0 aliphatic carbocycles. The Kier molecular flexibility index (Phi) is 5.60. The van der Waals surface area contributed by atoms with Gasteiger partial charge in [-0.25, -0.2) is 0 Å². The van der Waals surface area contributed by atoms with Crippen molar-refractivity contribution in [2.45, 2.75) is 32.9 Å². The maximum atomic E-state index is 11.8. The molecule has 7 heteroatoms. The van der Waals surface area contributed by atoms with Crippen LogP contribution in [0.4, 0.5) is 0 Å².